The largest absolute Gasteiger partial charge is 0.444 e. The minimum absolute atomic E-state index is 0.0859. The van der Waals surface area contributed by atoms with Gasteiger partial charge in [-0.25, -0.2) is 63.1 Å². The minimum atomic E-state index is -2.77. The molecular formula is C106H83Cl3F10N8O12S. The number of benzene rings is 12. The van der Waals surface area contributed by atoms with Crippen molar-refractivity contribution in [2.45, 2.75) is 141 Å². The zero-order valence-electron chi connectivity index (χ0n) is 75.6. The normalized spacial score (nSPS) is 18.2. The van der Waals surface area contributed by atoms with Gasteiger partial charge in [0, 0.05) is 144 Å². The maximum atomic E-state index is 15.9. The van der Waals surface area contributed by atoms with E-state index in [-0.39, 0.29) is 177 Å². The van der Waals surface area contributed by atoms with E-state index in [0.29, 0.717) is 87.8 Å². The number of imidazole rings is 3. The van der Waals surface area contributed by atoms with E-state index < -0.39 is 96.9 Å². The molecule has 716 valence electrons. The average Bonchev–Trinajstić information content (AvgIpc) is 1.59. The SMILES string of the molecule is C=S(=O)(NC(=O)c1ccc2nc(Cc3c(F)cc(-c4cccc5c4OC(C)(c4ccc(Cl)cc4F)O5)cc3F)n(CCOC)c2c1)C1CC1.CC(=O)c1ccc2nc(Cc3c(F)cc(-c4cccc5c4OC(C)(c4ccc(Cl)cc4F)O5)cc3F)n(CC3(CC#N)CC3)c2c1.CC(=O)c1ccc2nc(Cc3c(F)cc(-c4cccc5c4OC(C)(c4ccc(Cl)cc4F)O5)cc3F)n(C[C@@H]3CCO3)c2c1F. The number of nitrogens with zero attached hydrogens (tertiary/aromatic N) is 7. The molecule has 6 aliphatic rings. The number of carbonyl (C=O) groups is 3. The molecule has 20 nitrogen and oxygen atoms in total. The van der Waals surface area contributed by atoms with E-state index in [1.165, 1.54) is 113 Å². The summed E-state index contributed by atoms with van der Waals surface area (Å²) in [5.41, 5.74) is 4.44. The molecule has 0 bridgehead atoms. The summed E-state index contributed by atoms with van der Waals surface area (Å²) in [5.74, 6) is -7.00. The summed E-state index contributed by atoms with van der Waals surface area (Å²) in [6.07, 6.45) is 3.47. The second-order valence-electron chi connectivity index (χ2n) is 35.7. The number of aromatic nitrogens is 6. The van der Waals surface area contributed by atoms with Crippen LogP contribution in [0.4, 0.5) is 43.9 Å². The first-order chi connectivity index (χ1) is 66.9. The Morgan fingerprint density at radius 3 is 1.29 bits per heavy atom. The summed E-state index contributed by atoms with van der Waals surface area (Å²) in [7, 11) is -1.24. The fourth-order valence-electron chi connectivity index (χ4n) is 18.1. The Balaban J connectivity index is 0.000000134. The Labute approximate surface area is 810 Å². The smallest absolute Gasteiger partial charge is 0.278 e. The van der Waals surface area contributed by atoms with E-state index in [4.69, 9.17) is 77.7 Å². The van der Waals surface area contributed by atoms with Gasteiger partial charge >= 0.3 is 0 Å². The second kappa shape index (κ2) is 37.1. The Kier molecular flexibility index (Phi) is 25.2. The molecule has 4 aliphatic heterocycles. The van der Waals surface area contributed by atoms with Crippen molar-refractivity contribution >= 4 is 101 Å². The molecule has 1 N–H and O–H groups in total. The zero-order chi connectivity index (χ0) is 98.7. The van der Waals surface area contributed by atoms with Crippen LogP contribution in [-0.4, -0.2) is 87.9 Å². The van der Waals surface area contributed by atoms with Crippen LogP contribution in [0.3, 0.4) is 0 Å². The Morgan fingerprint density at radius 1 is 0.500 bits per heavy atom. The summed E-state index contributed by atoms with van der Waals surface area (Å²) >= 11 is 17.8. The van der Waals surface area contributed by atoms with Gasteiger partial charge in [0.25, 0.3) is 23.3 Å². The number of ether oxygens (including phenoxy) is 8. The van der Waals surface area contributed by atoms with Crippen LogP contribution < -0.4 is 33.1 Å². The first-order valence-corrected chi connectivity index (χ1v) is 47.5. The van der Waals surface area contributed by atoms with Gasteiger partial charge in [0.2, 0.25) is 0 Å². The van der Waals surface area contributed by atoms with Crippen molar-refractivity contribution in [1.82, 2.24) is 33.4 Å². The summed E-state index contributed by atoms with van der Waals surface area (Å²) in [6.45, 7) is 9.18. The summed E-state index contributed by atoms with van der Waals surface area (Å²) in [4.78, 5) is 51.0. The van der Waals surface area contributed by atoms with Gasteiger partial charge in [-0.1, -0.05) is 71.2 Å². The summed E-state index contributed by atoms with van der Waals surface area (Å²) in [6, 6.07) is 49.4. The molecule has 0 radical (unpaired) electrons. The molecule has 1 amide bonds. The first kappa shape index (κ1) is 95.2. The Bertz CT molecular complexity index is 7770. The number of Topliss-reactive ketones (excluding diaryl/α,β-unsaturated/α-hetero) is 2. The van der Waals surface area contributed by atoms with Crippen molar-refractivity contribution in [2.75, 3.05) is 20.3 Å². The van der Waals surface area contributed by atoms with Crippen molar-refractivity contribution in [2.24, 2.45) is 5.41 Å². The number of rotatable bonds is 25. The van der Waals surface area contributed by atoms with Gasteiger partial charge in [-0.3, -0.25) is 19.1 Å². The lowest BCUT2D eigenvalue weighted by Crippen LogP contribution is -2.33. The highest BCUT2D eigenvalue weighted by Crippen LogP contribution is 2.55. The number of hydrogen-bond acceptors (Lipinski definition) is 16. The zero-order valence-corrected chi connectivity index (χ0v) is 78.7. The van der Waals surface area contributed by atoms with Crippen molar-refractivity contribution in [3.63, 3.8) is 0 Å². The number of nitriles is 1. The first-order valence-electron chi connectivity index (χ1n) is 44.6. The Hall–Kier alpha value is -13.7. The maximum absolute atomic E-state index is 15.9. The number of para-hydroxylation sites is 3. The molecule has 0 spiro atoms. The number of fused-ring (bicyclic) bond motifs is 6. The van der Waals surface area contributed by atoms with Crippen LogP contribution in [-0.2, 0) is 75.4 Å². The van der Waals surface area contributed by atoms with E-state index in [2.05, 4.69) is 26.6 Å². The Morgan fingerprint density at radius 2 is 0.900 bits per heavy atom. The van der Waals surface area contributed by atoms with Crippen molar-refractivity contribution in [3.8, 4) is 73.9 Å². The van der Waals surface area contributed by atoms with Gasteiger partial charge in [0.1, 0.15) is 75.3 Å². The number of ketones is 2. The van der Waals surface area contributed by atoms with E-state index >= 15 is 30.7 Å². The van der Waals surface area contributed by atoms with Crippen LogP contribution in [0.25, 0.3) is 66.5 Å². The van der Waals surface area contributed by atoms with Crippen LogP contribution in [0, 0.1) is 74.9 Å². The lowest BCUT2D eigenvalue weighted by molar-refractivity contribution is -0.0709. The maximum Gasteiger partial charge on any atom is 0.278 e. The minimum Gasteiger partial charge on any atom is -0.444 e. The molecule has 2 saturated carbocycles. The third kappa shape index (κ3) is 18.4. The molecule has 21 rings (SSSR count). The average molecular weight is 1990 g/mol. The van der Waals surface area contributed by atoms with Gasteiger partial charge in [-0.05, 0) is 226 Å². The van der Waals surface area contributed by atoms with Crippen LogP contribution in [0.1, 0.15) is 155 Å². The molecule has 3 fully saturated rings. The van der Waals surface area contributed by atoms with E-state index in [1.54, 1.807) is 114 Å². The van der Waals surface area contributed by atoms with Gasteiger partial charge in [-0.2, -0.15) is 5.26 Å². The van der Waals surface area contributed by atoms with Gasteiger partial charge in [0.15, 0.2) is 51.9 Å². The molecule has 7 heterocycles. The third-order valence-corrected chi connectivity index (χ3v) is 28.7. The van der Waals surface area contributed by atoms with Crippen LogP contribution >= 0.6 is 34.8 Å². The molecule has 2 aliphatic carbocycles. The number of amides is 1. The number of carbonyl (C=O) groups excluding carboxylic acids is 3. The number of nitrogens with one attached hydrogen (secondary N) is 1. The lowest BCUT2D eigenvalue weighted by atomic mass is 9.99. The van der Waals surface area contributed by atoms with Crippen LogP contribution in [0.2, 0.25) is 15.1 Å². The highest BCUT2D eigenvalue weighted by molar-refractivity contribution is 7.99. The molecule has 34 heteroatoms. The number of halogens is 13. The van der Waals surface area contributed by atoms with E-state index in [1.807, 2.05) is 4.57 Å². The molecule has 140 heavy (non-hydrogen) atoms. The van der Waals surface area contributed by atoms with Crippen molar-refractivity contribution < 1.29 is 100 Å². The van der Waals surface area contributed by atoms with Crippen LogP contribution in [0.5, 0.6) is 34.5 Å². The summed E-state index contributed by atoms with van der Waals surface area (Å²) in [5, 5.41) is 9.92. The molecule has 5 atom stereocenters. The predicted molar refractivity (Wildman–Crippen MR) is 507 cm³/mol. The topological polar surface area (TPSA) is 231 Å². The lowest BCUT2D eigenvalue weighted by Gasteiger charge is -2.27. The molecule has 15 aromatic rings. The molecule has 12 aromatic carbocycles. The fourth-order valence-corrected chi connectivity index (χ4v) is 20.1. The van der Waals surface area contributed by atoms with Crippen molar-refractivity contribution in [1.29, 1.82) is 5.26 Å². The third-order valence-electron chi connectivity index (χ3n) is 25.9. The standard InChI is InChI=1S/C36H31ClF3N3O5S.C36H27ClF3N3O3.C34H25ClF4N2O4/c1-36(26-11-8-22(37)18-29(26)40)47-32-6-4-5-24(34(32)48-36)21-15-27(38)25(28(39)16-21)19-33-41-30-12-7-20(17-31(30)43(33)13-14-46-2)35(44)42-49(3,45)23-9-10-23;1-20(44)21-6-9-30-31(16-21)43(19-36(10-11-36)12-13-41)33(42-30)18-25-27(38)14-22(15-28(25)39)24-4-3-5-32-34(24)46-35(2,45-32)26-8-7-23(37)17-29(26)40;1-17(42)21-7-9-28-32(31(21)39)41(16-20-10-11-43-20)30(40-28)15-23-25(36)12-18(13-26(23)37)22-4-3-5-29-33(22)45-34(2,44-29)24-8-6-19(35)14-27(24)38/h4-8,11-12,15-18,23H,3,9-10,13-14,19H2,1-2H3,(H,42,44,45);3-9,14-17H,10-12,18-19H2,1-2H3;3-9,12-14,20H,10-11,15-16H2,1-2H3/t;;20-,34?/m..0/s1. The van der Waals surface area contributed by atoms with Gasteiger partial charge < -0.3 is 51.6 Å². The van der Waals surface area contributed by atoms with E-state index in [0.717, 1.165) is 50.3 Å². The monoisotopic (exact) mass is 1990 g/mol. The quantitative estimate of drug-likeness (QED) is 0.0318. The van der Waals surface area contributed by atoms with E-state index in [9.17, 15) is 37.0 Å². The van der Waals surface area contributed by atoms with Gasteiger partial charge in [-0.15, -0.1) is 0 Å². The predicted octanol–water partition coefficient (Wildman–Crippen LogP) is 24.2. The number of hydrogen-bond donors (Lipinski definition) is 1. The van der Waals surface area contributed by atoms with Gasteiger partial charge in [0.05, 0.1) is 84.9 Å². The molecule has 1 saturated heterocycles. The molecule has 3 aromatic heterocycles. The summed E-state index contributed by atoms with van der Waals surface area (Å²) < 4.78 is 223. The van der Waals surface area contributed by atoms with Crippen LogP contribution in [0.15, 0.2) is 194 Å². The molecule has 4 unspecified atom stereocenters. The number of methoxy groups -OCH3 is 1. The highest BCUT2D eigenvalue weighted by Gasteiger charge is 2.48. The fraction of sp³-hybridized carbons (Fsp3) is 0.245. The van der Waals surface area contributed by atoms with Crippen molar-refractivity contribution in [3.05, 3.63) is 335 Å². The second-order valence-corrected chi connectivity index (χ2v) is 39.4. The molecular weight excluding hydrogens is 1910 g/mol. The highest BCUT2D eigenvalue weighted by atomic mass is 35.5.